The molecule has 198 valence electrons. The lowest BCUT2D eigenvalue weighted by atomic mass is 9.93. The summed E-state index contributed by atoms with van der Waals surface area (Å²) in [6.45, 7) is 7.78. The third-order valence-corrected chi connectivity index (χ3v) is 6.85. The van der Waals surface area contributed by atoms with Gasteiger partial charge in [0.2, 0.25) is 0 Å². The van der Waals surface area contributed by atoms with E-state index in [1.807, 2.05) is 94.4 Å². The van der Waals surface area contributed by atoms with Crippen molar-refractivity contribution >= 4 is 29.0 Å². The topological polar surface area (TPSA) is 97.3 Å². The van der Waals surface area contributed by atoms with Crippen molar-refractivity contribution < 1.29 is 14.3 Å². The number of fused-ring (bicyclic) bond motifs is 1. The molecule has 1 aromatic heterocycles. The van der Waals surface area contributed by atoms with Crippen molar-refractivity contribution in [2.45, 2.75) is 33.7 Å². The van der Waals surface area contributed by atoms with E-state index < -0.39 is 6.04 Å². The molecule has 2 heterocycles. The number of benzene rings is 3. The summed E-state index contributed by atoms with van der Waals surface area (Å²) in [5.74, 6) is 0.539. The first kappa shape index (κ1) is 25.8. The Morgan fingerprint density at radius 1 is 0.897 bits per heavy atom. The Labute approximate surface area is 227 Å². The average molecular weight is 522 g/mol. The second kappa shape index (κ2) is 10.5. The number of anilines is 3. The zero-order valence-corrected chi connectivity index (χ0v) is 22.6. The van der Waals surface area contributed by atoms with Crippen LogP contribution in [0.4, 0.5) is 17.2 Å². The second-order valence-electron chi connectivity index (χ2n) is 9.76. The standard InChI is InChI=1S/C31H31N5O3/c1-18-9-8-10-22(16-18)34-30(37)24-17-32-36-28(23-11-6-7-12-26(23)39-5)27(21(4)33-29(24)36)31(38)35-25-14-13-19(2)15-20(25)3/h6-17,28,33H,1-5H3,(H,34,37)(H,35,38)/t28-/m1/s1. The number of amides is 2. The van der Waals surface area contributed by atoms with E-state index in [1.165, 1.54) is 6.20 Å². The van der Waals surface area contributed by atoms with Crippen LogP contribution in [0.25, 0.3) is 0 Å². The summed E-state index contributed by atoms with van der Waals surface area (Å²) >= 11 is 0. The van der Waals surface area contributed by atoms with Crippen molar-refractivity contribution in [2.75, 3.05) is 23.1 Å². The minimum absolute atomic E-state index is 0.269. The normalized spacial score (nSPS) is 14.3. The second-order valence-corrected chi connectivity index (χ2v) is 9.76. The van der Waals surface area contributed by atoms with Gasteiger partial charge in [0.15, 0.2) is 0 Å². The lowest BCUT2D eigenvalue weighted by Gasteiger charge is -2.31. The lowest BCUT2D eigenvalue weighted by Crippen LogP contribution is -2.32. The monoisotopic (exact) mass is 521 g/mol. The zero-order chi connectivity index (χ0) is 27.7. The number of hydrogen-bond acceptors (Lipinski definition) is 5. The summed E-state index contributed by atoms with van der Waals surface area (Å²) in [4.78, 5) is 27.2. The number of ether oxygens (including phenoxy) is 1. The van der Waals surface area contributed by atoms with E-state index >= 15 is 0 Å². The molecule has 1 atom stereocenters. The number of para-hydroxylation sites is 1. The minimum Gasteiger partial charge on any atom is -0.496 e. The van der Waals surface area contributed by atoms with E-state index in [1.54, 1.807) is 11.8 Å². The molecule has 0 saturated heterocycles. The summed E-state index contributed by atoms with van der Waals surface area (Å²) < 4.78 is 7.35. The first-order chi connectivity index (χ1) is 18.8. The molecule has 0 fully saturated rings. The number of carbonyl (C=O) groups is 2. The maximum Gasteiger partial charge on any atom is 0.261 e. The number of nitrogens with zero attached hydrogens (tertiary/aromatic N) is 2. The third kappa shape index (κ3) is 5.01. The highest BCUT2D eigenvalue weighted by Gasteiger charge is 2.36. The maximum atomic E-state index is 13.9. The molecule has 1 aliphatic rings. The van der Waals surface area contributed by atoms with Crippen LogP contribution in [0.3, 0.4) is 0 Å². The molecule has 8 nitrogen and oxygen atoms in total. The van der Waals surface area contributed by atoms with Crippen LogP contribution in [0.5, 0.6) is 5.75 Å². The molecule has 2 amide bonds. The molecule has 5 rings (SSSR count). The molecule has 0 aliphatic carbocycles. The molecule has 3 aromatic carbocycles. The number of methoxy groups -OCH3 is 1. The molecule has 0 radical (unpaired) electrons. The Bertz CT molecular complexity index is 1620. The average Bonchev–Trinajstić information content (AvgIpc) is 3.33. The number of carbonyl (C=O) groups excluding carboxylic acids is 2. The predicted molar refractivity (Wildman–Crippen MR) is 153 cm³/mol. The van der Waals surface area contributed by atoms with Gasteiger partial charge in [-0.3, -0.25) is 9.59 Å². The number of aryl methyl sites for hydroxylation is 3. The van der Waals surface area contributed by atoms with Crippen molar-refractivity contribution in [2.24, 2.45) is 0 Å². The van der Waals surface area contributed by atoms with Gasteiger partial charge < -0.3 is 20.7 Å². The van der Waals surface area contributed by atoms with E-state index in [9.17, 15) is 9.59 Å². The first-order valence-corrected chi connectivity index (χ1v) is 12.7. The van der Waals surface area contributed by atoms with Crippen LogP contribution in [0, 0.1) is 20.8 Å². The number of aromatic nitrogens is 2. The molecule has 1 aliphatic heterocycles. The highest BCUT2D eigenvalue weighted by atomic mass is 16.5. The summed E-state index contributed by atoms with van der Waals surface area (Å²) in [5.41, 5.74) is 6.75. The number of nitrogens with one attached hydrogen (secondary N) is 3. The summed E-state index contributed by atoms with van der Waals surface area (Å²) in [5, 5.41) is 13.9. The molecule has 4 aromatic rings. The Kier molecular flexibility index (Phi) is 6.94. The van der Waals surface area contributed by atoms with Crippen molar-refractivity contribution in [3.05, 3.63) is 112 Å². The van der Waals surface area contributed by atoms with Crippen molar-refractivity contribution in [1.29, 1.82) is 0 Å². The van der Waals surface area contributed by atoms with Gasteiger partial charge in [0.1, 0.15) is 23.2 Å². The fraction of sp³-hybridized carbons (Fsp3) is 0.194. The van der Waals surface area contributed by atoms with Gasteiger partial charge >= 0.3 is 0 Å². The van der Waals surface area contributed by atoms with Crippen LogP contribution < -0.4 is 20.7 Å². The van der Waals surface area contributed by atoms with Crippen LogP contribution in [-0.2, 0) is 4.79 Å². The molecule has 3 N–H and O–H groups in total. The Morgan fingerprint density at radius 3 is 2.41 bits per heavy atom. The zero-order valence-electron chi connectivity index (χ0n) is 22.6. The van der Waals surface area contributed by atoms with Crippen molar-refractivity contribution in [3.8, 4) is 5.75 Å². The van der Waals surface area contributed by atoms with Gasteiger partial charge in [-0.1, -0.05) is 48.0 Å². The van der Waals surface area contributed by atoms with Crippen LogP contribution >= 0.6 is 0 Å². The quantitative estimate of drug-likeness (QED) is 0.289. The lowest BCUT2D eigenvalue weighted by molar-refractivity contribution is -0.113. The van der Waals surface area contributed by atoms with Gasteiger partial charge in [0.05, 0.1) is 18.9 Å². The third-order valence-electron chi connectivity index (χ3n) is 6.85. The van der Waals surface area contributed by atoms with E-state index in [2.05, 4.69) is 21.0 Å². The largest absolute Gasteiger partial charge is 0.496 e. The Morgan fingerprint density at radius 2 is 1.67 bits per heavy atom. The highest BCUT2D eigenvalue weighted by Crippen LogP contribution is 2.41. The summed E-state index contributed by atoms with van der Waals surface area (Å²) in [7, 11) is 1.59. The number of rotatable bonds is 6. The van der Waals surface area contributed by atoms with Gasteiger partial charge in [-0.25, -0.2) is 4.68 Å². The van der Waals surface area contributed by atoms with Gasteiger partial charge in [-0.05, 0) is 63.1 Å². The van der Waals surface area contributed by atoms with Crippen LogP contribution in [0.2, 0.25) is 0 Å². The smallest absolute Gasteiger partial charge is 0.261 e. The molecular weight excluding hydrogens is 490 g/mol. The van der Waals surface area contributed by atoms with Gasteiger partial charge in [0.25, 0.3) is 11.8 Å². The number of hydrogen-bond donors (Lipinski definition) is 3. The molecule has 0 saturated carbocycles. The number of allylic oxidation sites excluding steroid dienone is 1. The van der Waals surface area contributed by atoms with E-state index in [0.29, 0.717) is 34.1 Å². The molecule has 0 unspecified atom stereocenters. The molecule has 0 bridgehead atoms. The minimum atomic E-state index is -0.635. The van der Waals surface area contributed by atoms with Crippen LogP contribution in [0.15, 0.2) is 84.2 Å². The van der Waals surface area contributed by atoms with E-state index in [4.69, 9.17) is 4.74 Å². The Hall–Kier alpha value is -4.85. The van der Waals surface area contributed by atoms with Crippen molar-refractivity contribution in [1.82, 2.24) is 9.78 Å². The van der Waals surface area contributed by atoms with Gasteiger partial charge in [-0.15, -0.1) is 0 Å². The van der Waals surface area contributed by atoms with E-state index in [0.717, 1.165) is 27.9 Å². The highest BCUT2D eigenvalue weighted by molar-refractivity contribution is 6.09. The summed E-state index contributed by atoms with van der Waals surface area (Å²) in [6, 6.07) is 20.4. The Balaban J connectivity index is 1.57. The van der Waals surface area contributed by atoms with E-state index in [-0.39, 0.29) is 11.8 Å². The van der Waals surface area contributed by atoms with Crippen molar-refractivity contribution in [3.63, 3.8) is 0 Å². The fourth-order valence-corrected chi connectivity index (χ4v) is 4.96. The molecule has 39 heavy (non-hydrogen) atoms. The predicted octanol–water partition coefficient (Wildman–Crippen LogP) is 6.00. The van der Waals surface area contributed by atoms with Crippen LogP contribution in [-0.4, -0.2) is 28.7 Å². The maximum absolute atomic E-state index is 13.9. The summed E-state index contributed by atoms with van der Waals surface area (Å²) in [6.07, 6.45) is 1.52. The van der Waals surface area contributed by atoms with Crippen LogP contribution in [0.1, 0.15) is 45.6 Å². The molecule has 8 heteroatoms. The van der Waals surface area contributed by atoms with Gasteiger partial charge in [0, 0.05) is 22.6 Å². The first-order valence-electron chi connectivity index (χ1n) is 12.7. The molecule has 0 spiro atoms. The fourth-order valence-electron chi connectivity index (χ4n) is 4.96. The van der Waals surface area contributed by atoms with Gasteiger partial charge in [-0.2, -0.15) is 5.10 Å². The SMILES string of the molecule is COc1ccccc1[C@@H]1C(C(=O)Nc2ccc(C)cc2C)=C(C)Nc2c(C(=O)Nc3cccc(C)c3)cnn21. The molecular formula is C31H31N5O3.